The van der Waals surface area contributed by atoms with Crippen molar-refractivity contribution >= 4 is 17.3 Å². The number of carbonyl (C=O) groups excluding carboxylic acids is 1. The molecular weight excluding hydrogens is 546 g/mol. The summed E-state index contributed by atoms with van der Waals surface area (Å²) in [5.41, 5.74) is 2.90. The Bertz CT molecular complexity index is 1580. The van der Waals surface area contributed by atoms with E-state index in [4.69, 9.17) is 14.2 Å². The van der Waals surface area contributed by atoms with Crippen LogP contribution < -0.4 is 14.4 Å². The molecule has 0 bridgehead atoms. The van der Waals surface area contributed by atoms with Crippen LogP contribution in [-0.4, -0.2) is 24.1 Å². The number of nitrogens with zero attached hydrogens (tertiary/aromatic N) is 2. The number of rotatable bonds is 12. The number of hydrogen-bond donors (Lipinski definition) is 0. The zero-order chi connectivity index (χ0) is 30.2. The van der Waals surface area contributed by atoms with Crippen molar-refractivity contribution in [2.75, 3.05) is 18.1 Å². The number of anilines is 1. The lowest BCUT2D eigenvalue weighted by molar-refractivity contribution is -0.385. The summed E-state index contributed by atoms with van der Waals surface area (Å²) >= 11 is 0. The molecule has 218 valence electrons. The van der Waals surface area contributed by atoms with E-state index < -0.39 is 22.5 Å². The van der Waals surface area contributed by atoms with Gasteiger partial charge < -0.3 is 19.1 Å². The number of carbonyl (C=O) groups is 1. The van der Waals surface area contributed by atoms with Crippen LogP contribution in [0, 0.1) is 35.6 Å². The number of ether oxygens (including phenoxy) is 3. The third kappa shape index (κ3) is 7.81. The van der Waals surface area contributed by atoms with Crippen LogP contribution in [0.25, 0.3) is 0 Å². The first-order valence-electron chi connectivity index (χ1n) is 13.2. The predicted octanol–water partition coefficient (Wildman–Crippen LogP) is 7.43. The predicted molar refractivity (Wildman–Crippen MR) is 154 cm³/mol. The van der Waals surface area contributed by atoms with Crippen LogP contribution in [0.1, 0.15) is 29.2 Å². The van der Waals surface area contributed by atoms with E-state index in [1.165, 1.54) is 18.2 Å². The molecule has 0 spiro atoms. The first-order chi connectivity index (χ1) is 20.1. The summed E-state index contributed by atoms with van der Waals surface area (Å²) in [5.74, 6) is -0.323. The highest BCUT2D eigenvalue weighted by Crippen LogP contribution is 2.32. The van der Waals surface area contributed by atoms with E-state index in [0.29, 0.717) is 28.5 Å². The standard InChI is InChI=1S/C32H30F2N2O6/c1-4-40-32(37)20-41-27-14-21(2)15-28(17-27)42-26-12-8-23(9-13-26)18-35(19-24-10-11-25(33)16-29(24)34)30-6-5-7-31(22(30)3)36(38)39/h5-17H,4,18-20H2,1-3H3. The molecule has 0 saturated carbocycles. The quantitative estimate of drug-likeness (QED) is 0.0984. The Balaban J connectivity index is 1.54. The van der Waals surface area contributed by atoms with Gasteiger partial charge in [-0.15, -0.1) is 0 Å². The SMILES string of the molecule is CCOC(=O)COc1cc(C)cc(Oc2ccc(CN(Cc3ccc(F)cc3F)c3cccc([N+](=O)[O-])c3C)cc2)c1. The van der Waals surface area contributed by atoms with Crippen molar-refractivity contribution in [3.05, 3.63) is 123 Å². The minimum absolute atomic E-state index is 0.0513. The molecule has 0 amide bonds. The van der Waals surface area contributed by atoms with Gasteiger partial charge in [0.15, 0.2) is 6.61 Å². The Morgan fingerprint density at radius 1 is 0.905 bits per heavy atom. The molecule has 4 aromatic carbocycles. The van der Waals surface area contributed by atoms with Crippen molar-refractivity contribution in [2.45, 2.75) is 33.9 Å². The average Bonchev–Trinajstić information content (AvgIpc) is 2.94. The molecule has 4 rings (SSSR count). The van der Waals surface area contributed by atoms with Crippen LogP contribution >= 0.6 is 0 Å². The van der Waals surface area contributed by atoms with E-state index >= 15 is 0 Å². The molecule has 0 fully saturated rings. The fourth-order valence-corrected chi connectivity index (χ4v) is 4.45. The monoisotopic (exact) mass is 576 g/mol. The largest absolute Gasteiger partial charge is 0.482 e. The number of benzene rings is 4. The molecule has 0 aliphatic carbocycles. The fraction of sp³-hybridized carbons (Fsp3) is 0.219. The molecule has 0 aromatic heterocycles. The molecule has 0 radical (unpaired) electrons. The molecule has 8 nitrogen and oxygen atoms in total. The molecular formula is C32H30F2N2O6. The van der Waals surface area contributed by atoms with Crippen LogP contribution in [-0.2, 0) is 22.6 Å². The van der Waals surface area contributed by atoms with Crippen LogP contribution in [0.3, 0.4) is 0 Å². The topological polar surface area (TPSA) is 91.1 Å². The second-order valence-corrected chi connectivity index (χ2v) is 9.59. The van der Waals surface area contributed by atoms with E-state index in [9.17, 15) is 23.7 Å². The Kier molecular flexibility index (Phi) is 9.69. The summed E-state index contributed by atoms with van der Waals surface area (Å²) in [7, 11) is 0. The van der Waals surface area contributed by atoms with Crippen LogP contribution in [0.5, 0.6) is 17.2 Å². The van der Waals surface area contributed by atoms with Gasteiger partial charge in [-0.3, -0.25) is 10.1 Å². The molecule has 0 saturated heterocycles. The van der Waals surface area contributed by atoms with Gasteiger partial charge in [-0.1, -0.05) is 24.3 Å². The van der Waals surface area contributed by atoms with Crippen molar-refractivity contribution in [3.8, 4) is 17.2 Å². The van der Waals surface area contributed by atoms with Crippen LogP contribution in [0.2, 0.25) is 0 Å². The second kappa shape index (κ2) is 13.6. The Morgan fingerprint density at radius 2 is 1.64 bits per heavy atom. The Morgan fingerprint density at radius 3 is 2.33 bits per heavy atom. The van der Waals surface area contributed by atoms with Crippen molar-refractivity contribution in [1.82, 2.24) is 0 Å². The number of aryl methyl sites for hydroxylation is 1. The zero-order valence-corrected chi connectivity index (χ0v) is 23.4. The zero-order valence-electron chi connectivity index (χ0n) is 23.4. The maximum Gasteiger partial charge on any atom is 0.344 e. The molecule has 0 N–H and O–H groups in total. The minimum Gasteiger partial charge on any atom is -0.482 e. The third-order valence-corrected chi connectivity index (χ3v) is 6.41. The summed E-state index contributed by atoms with van der Waals surface area (Å²) in [6.45, 7) is 5.64. The van der Waals surface area contributed by atoms with Gasteiger partial charge >= 0.3 is 5.97 Å². The number of esters is 1. The highest BCUT2D eigenvalue weighted by Gasteiger charge is 2.20. The van der Waals surface area contributed by atoms with E-state index in [1.807, 2.05) is 30.0 Å². The van der Waals surface area contributed by atoms with Gasteiger partial charge in [0.1, 0.15) is 28.9 Å². The number of nitro groups is 1. The molecule has 10 heteroatoms. The molecule has 0 atom stereocenters. The van der Waals surface area contributed by atoms with E-state index in [-0.39, 0.29) is 37.6 Å². The lowest BCUT2D eigenvalue weighted by atomic mass is 10.1. The van der Waals surface area contributed by atoms with E-state index in [1.54, 1.807) is 50.2 Å². The summed E-state index contributed by atoms with van der Waals surface area (Å²) < 4.78 is 44.6. The molecule has 0 aliphatic heterocycles. The van der Waals surface area contributed by atoms with Gasteiger partial charge in [0.25, 0.3) is 5.69 Å². The number of nitro benzene ring substituents is 1. The average molecular weight is 577 g/mol. The molecule has 0 aliphatic rings. The summed E-state index contributed by atoms with van der Waals surface area (Å²) in [6, 6.07) is 20.6. The van der Waals surface area contributed by atoms with Gasteiger partial charge in [0, 0.05) is 42.5 Å². The highest BCUT2D eigenvalue weighted by atomic mass is 19.1. The maximum absolute atomic E-state index is 14.6. The van der Waals surface area contributed by atoms with Crippen molar-refractivity contribution in [1.29, 1.82) is 0 Å². The smallest absolute Gasteiger partial charge is 0.344 e. The number of hydrogen-bond acceptors (Lipinski definition) is 7. The lowest BCUT2D eigenvalue weighted by Gasteiger charge is -2.27. The van der Waals surface area contributed by atoms with Gasteiger partial charge in [0.2, 0.25) is 0 Å². The Labute approximate surface area is 242 Å². The van der Waals surface area contributed by atoms with E-state index in [2.05, 4.69) is 0 Å². The molecule has 0 unspecified atom stereocenters. The van der Waals surface area contributed by atoms with E-state index in [0.717, 1.165) is 17.2 Å². The van der Waals surface area contributed by atoms with Crippen molar-refractivity contribution in [2.24, 2.45) is 0 Å². The van der Waals surface area contributed by atoms with Gasteiger partial charge in [-0.2, -0.15) is 0 Å². The summed E-state index contributed by atoms with van der Waals surface area (Å²) in [5, 5.41) is 11.6. The summed E-state index contributed by atoms with van der Waals surface area (Å²) in [6.07, 6.45) is 0. The maximum atomic E-state index is 14.6. The van der Waals surface area contributed by atoms with Gasteiger partial charge in [0.05, 0.1) is 17.1 Å². The summed E-state index contributed by atoms with van der Waals surface area (Å²) in [4.78, 5) is 24.5. The third-order valence-electron chi connectivity index (χ3n) is 6.41. The van der Waals surface area contributed by atoms with Crippen LogP contribution in [0.4, 0.5) is 20.2 Å². The van der Waals surface area contributed by atoms with Crippen molar-refractivity contribution in [3.63, 3.8) is 0 Å². The number of halogens is 2. The molecule has 4 aromatic rings. The Hall–Kier alpha value is -4.99. The fourth-order valence-electron chi connectivity index (χ4n) is 4.45. The molecule has 0 heterocycles. The van der Waals surface area contributed by atoms with Gasteiger partial charge in [-0.25, -0.2) is 13.6 Å². The van der Waals surface area contributed by atoms with Gasteiger partial charge in [-0.05, 0) is 68.3 Å². The first kappa shape index (κ1) is 30.0. The van der Waals surface area contributed by atoms with Crippen LogP contribution in [0.15, 0.2) is 78.9 Å². The minimum atomic E-state index is -0.699. The first-order valence-corrected chi connectivity index (χ1v) is 13.2. The normalized spacial score (nSPS) is 10.7. The highest BCUT2D eigenvalue weighted by molar-refractivity contribution is 5.71. The lowest BCUT2D eigenvalue weighted by Crippen LogP contribution is -2.24. The molecule has 42 heavy (non-hydrogen) atoms. The second-order valence-electron chi connectivity index (χ2n) is 9.59. The van der Waals surface area contributed by atoms with Crippen molar-refractivity contribution < 1.29 is 32.7 Å².